The molecule has 15 heavy (non-hydrogen) atoms. The summed E-state index contributed by atoms with van der Waals surface area (Å²) in [5.41, 5.74) is 8.01. The van der Waals surface area contributed by atoms with Crippen LogP contribution in [0.1, 0.15) is 0 Å². The van der Waals surface area contributed by atoms with Crippen molar-refractivity contribution in [1.82, 2.24) is 14.8 Å². The Kier molecular flexibility index (Phi) is 2.29. The zero-order valence-electron chi connectivity index (χ0n) is 8.64. The lowest BCUT2D eigenvalue weighted by molar-refractivity contribution is 0.413. The average Bonchev–Trinajstić information content (AvgIpc) is 2.59. The van der Waals surface area contributed by atoms with Gasteiger partial charge in [-0.3, -0.25) is 9.67 Å². The van der Waals surface area contributed by atoms with Gasteiger partial charge in [0.2, 0.25) is 0 Å². The second-order valence-corrected chi connectivity index (χ2v) is 3.16. The van der Waals surface area contributed by atoms with Crippen LogP contribution < -0.4 is 10.5 Å². The summed E-state index contributed by atoms with van der Waals surface area (Å²) in [6.07, 6.45) is 3.27. The predicted molar refractivity (Wildman–Crippen MR) is 57.4 cm³/mol. The highest BCUT2D eigenvalue weighted by Gasteiger charge is 2.09. The summed E-state index contributed by atoms with van der Waals surface area (Å²) in [5.74, 6) is 0.722. The number of pyridine rings is 1. The summed E-state index contributed by atoms with van der Waals surface area (Å²) < 4.78 is 6.73. The van der Waals surface area contributed by atoms with E-state index in [1.165, 1.54) is 0 Å². The van der Waals surface area contributed by atoms with Crippen LogP contribution in [-0.4, -0.2) is 21.9 Å². The first-order chi connectivity index (χ1) is 7.22. The molecule has 0 saturated carbocycles. The van der Waals surface area contributed by atoms with E-state index in [2.05, 4.69) is 10.1 Å². The molecule has 5 nitrogen and oxygen atoms in total. The molecule has 0 fully saturated rings. The molecule has 0 radical (unpaired) electrons. The van der Waals surface area contributed by atoms with E-state index in [9.17, 15) is 0 Å². The van der Waals surface area contributed by atoms with Crippen LogP contribution in [0.15, 0.2) is 24.5 Å². The number of nitrogens with two attached hydrogens (primary N) is 1. The summed E-state index contributed by atoms with van der Waals surface area (Å²) in [6, 6.07) is 3.70. The van der Waals surface area contributed by atoms with E-state index in [1.807, 2.05) is 19.2 Å². The monoisotopic (exact) mass is 204 g/mol. The number of aryl methyl sites for hydroxylation is 1. The fourth-order valence-corrected chi connectivity index (χ4v) is 1.41. The smallest absolute Gasteiger partial charge is 0.137 e. The van der Waals surface area contributed by atoms with Crippen LogP contribution in [0.2, 0.25) is 0 Å². The Balaban J connectivity index is 2.45. The Hall–Kier alpha value is -2.04. The van der Waals surface area contributed by atoms with Crippen LogP contribution in [-0.2, 0) is 7.05 Å². The molecule has 2 aromatic heterocycles. The van der Waals surface area contributed by atoms with E-state index in [4.69, 9.17) is 10.5 Å². The number of methoxy groups -OCH3 is 1. The van der Waals surface area contributed by atoms with Crippen LogP contribution in [0.25, 0.3) is 11.4 Å². The largest absolute Gasteiger partial charge is 0.495 e. The summed E-state index contributed by atoms with van der Waals surface area (Å²) in [5, 5.41) is 4.06. The number of hydrogen-bond acceptors (Lipinski definition) is 4. The van der Waals surface area contributed by atoms with Crippen molar-refractivity contribution in [2.75, 3.05) is 12.8 Å². The third-order valence-electron chi connectivity index (χ3n) is 2.18. The maximum Gasteiger partial charge on any atom is 0.137 e. The van der Waals surface area contributed by atoms with Crippen LogP contribution in [0.3, 0.4) is 0 Å². The molecule has 0 bridgehead atoms. The lowest BCUT2D eigenvalue weighted by atomic mass is 10.2. The van der Waals surface area contributed by atoms with Gasteiger partial charge in [-0.05, 0) is 12.1 Å². The van der Waals surface area contributed by atoms with Crippen LogP contribution in [0, 0.1) is 0 Å². The van der Waals surface area contributed by atoms with Crippen molar-refractivity contribution in [3.05, 3.63) is 24.5 Å². The molecule has 0 amide bonds. The predicted octanol–water partition coefficient (Wildman–Crippen LogP) is 1.07. The van der Waals surface area contributed by atoms with Crippen molar-refractivity contribution >= 4 is 5.69 Å². The topological polar surface area (TPSA) is 66.0 Å². The highest BCUT2D eigenvalue weighted by Crippen LogP contribution is 2.23. The van der Waals surface area contributed by atoms with Gasteiger partial charge in [-0.15, -0.1) is 0 Å². The molecule has 0 atom stereocenters. The minimum absolute atomic E-state index is 0.621. The van der Waals surface area contributed by atoms with Crippen LogP contribution >= 0.6 is 0 Å². The molecule has 2 aromatic rings. The summed E-state index contributed by atoms with van der Waals surface area (Å²) in [4.78, 5) is 4.25. The highest BCUT2D eigenvalue weighted by molar-refractivity contribution is 5.69. The minimum Gasteiger partial charge on any atom is -0.495 e. The van der Waals surface area contributed by atoms with Crippen molar-refractivity contribution in [3.63, 3.8) is 0 Å². The number of nitrogens with zero attached hydrogens (tertiary/aromatic N) is 3. The van der Waals surface area contributed by atoms with E-state index < -0.39 is 0 Å². The first kappa shape index (κ1) is 9.51. The molecule has 2 rings (SSSR count). The van der Waals surface area contributed by atoms with E-state index in [-0.39, 0.29) is 0 Å². The van der Waals surface area contributed by atoms with E-state index in [1.54, 1.807) is 24.2 Å². The number of hydrogen-bond donors (Lipinski definition) is 1. The Morgan fingerprint density at radius 2 is 2.13 bits per heavy atom. The van der Waals surface area contributed by atoms with Crippen molar-refractivity contribution < 1.29 is 4.74 Å². The normalized spacial score (nSPS) is 10.3. The molecule has 0 aliphatic heterocycles. The van der Waals surface area contributed by atoms with Gasteiger partial charge >= 0.3 is 0 Å². The lowest BCUT2D eigenvalue weighted by Crippen LogP contribution is -1.97. The molecule has 5 heteroatoms. The third kappa shape index (κ3) is 1.63. The van der Waals surface area contributed by atoms with Gasteiger partial charge in [0.25, 0.3) is 0 Å². The van der Waals surface area contributed by atoms with Gasteiger partial charge in [0.05, 0.1) is 30.9 Å². The van der Waals surface area contributed by atoms with Gasteiger partial charge in [0.1, 0.15) is 11.4 Å². The van der Waals surface area contributed by atoms with Gasteiger partial charge in [0.15, 0.2) is 0 Å². The first-order valence-corrected chi connectivity index (χ1v) is 4.50. The zero-order chi connectivity index (χ0) is 10.8. The number of rotatable bonds is 2. The minimum atomic E-state index is 0.621. The maximum absolute atomic E-state index is 5.79. The molecule has 0 unspecified atom stereocenters. The van der Waals surface area contributed by atoms with Crippen molar-refractivity contribution in [3.8, 4) is 17.1 Å². The average molecular weight is 204 g/mol. The third-order valence-corrected chi connectivity index (χ3v) is 2.18. The Bertz CT molecular complexity index is 441. The molecule has 0 saturated heterocycles. The molecular formula is C10H12N4O. The molecule has 2 N–H and O–H groups in total. The molecule has 0 aliphatic carbocycles. The van der Waals surface area contributed by atoms with Crippen LogP contribution in [0.5, 0.6) is 5.75 Å². The van der Waals surface area contributed by atoms with E-state index in [0.717, 1.165) is 17.1 Å². The molecule has 2 heterocycles. The molecule has 0 aromatic carbocycles. The summed E-state index contributed by atoms with van der Waals surface area (Å²) in [7, 11) is 3.44. The van der Waals surface area contributed by atoms with Gasteiger partial charge in [-0.1, -0.05) is 0 Å². The second kappa shape index (κ2) is 3.61. The number of aromatic nitrogens is 3. The number of anilines is 1. The Morgan fingerprint density at radius 1 is 1.33 bits per heavy atom. The number of nitrogen functional groups attached to an aromatic ring is 1. The van der Waals surface area contributed by atoms with Gasteiger partial charge in [-0.25, -0.2) is 0 Å². The van der Waals surface area contributed by atoms with Crippen molar-refractivity contribution in [2.24, 2.45) is 7.05 Å². The number of ether oxygens (including phenoxy) is 1. The first-order valence-electron chi connectivity index (χ1n) is 4.50. The second-order valence-electron chi connectivity index (χ2n) is 3.16. The summed E-state index contributed by atoms with van der Waals surface area (Å²) >= 11 is 0. The van der Waals surface area contributed by atoms with Crippen LogP contribution in [0.4, 0.5) is 5.69 Å². The fourth-order valence-electron chi connectivity index (χ4n) is 1.41. The quantitative estimate of drug-likeness (QED) is 0.794. The fraction of sp³-hybridized carbons (Fsp3) is 0.200. The van der Waals surface area contributed by atoms with Crippen molar-refractivity contribution in [1.29, 1.82) is 0 Å². The van der Waals surface area contributed by atoms with Gasteiger partial charge < -0.3 is 10.5 Å². The molecule has 0 aliphatic rings. The lowest BCUT2D eigenvalue weighted by Gasteiger charge is -2.04. The molecule has 0 spiro atoms. The Labute approximate surface area is 87.5 Å². The van der Waals surface area contributed by atoms with E-state index in [0.29, 0.717) is 5.69 Å². The Morgan fingerprint density at radius 3 is 2.60 bits per heavy atom. The summed E-state index contributed by atoms with van der Waals surface area (Å²) in [6.45, 7) is 0. The van der Waals surface area contributed by atoms with Gasteiger partial charge in [0, 0.05) is 7.05 Å². The molecule has 78 valence electrons. The SMILES string of the molecule is COc1ccc(-c2c(N)cnn2C)nc1. The standard InChI is InChI=1S/C10H12N4O/c1-14-10(8(11)6-13-14)9-4-3-7(15-2)5-12-9/h3-6H,11H2,1-2H3. The zero-order valence-corrected chi connectivity index (χ0v) is 8.64. The van der Waals surface area contributed by atoms with Gasteiger partial charge in [-0.2, -0.15) is 5.10 Å². The maximum atomic E-state index is 5.79. The molecular weight excluding hydrogens is 192 g/mol. The van der Waals surface area contributed by atoms with Crippen molar-refractivity contribution in [2.45, 2.75) is 0 Å². The van der Waals surface area contributed by atoms with E-state index >= 15 is 0 Å². The highest BCUT2D eigenvalue weighted by atomic mass is 16.5.